The lowest BCUT2D eigenvalue weighted by Crippen LogP contribution is -2.49. The molecule has 0 saturated carbocycles. The van der Waals surface area contributed by atoms with Crippen molar-refractivity contribution < 1.29 is 23.8 Å². The van der Waals surface area contributed by atoms with Gasteiger partial charge in [0.1, 0.15) is 28.7 Å². The summed E-state index contributed by atoms with van der Waals surface area (Å²) in [6.07, 6.45) is 0. The molecule has 36 heavy (non-hydrogen) atoms. The first-order valence-electron chi connectivity index (χ1n) is 12.0. The second-order valence-corrected chi connectivity index (χ2v) is 10.3. The molecule has 1 saturated heterocycles. The number of benzene rings is 3. The van der Waals surface area contributed by atoms with E-state index in [4.69, 9.17) is 9.47 Å². The van der Waals surface area contributed by atoms with Gasteiger partial charge in [0.15, 0.2) is 5.75 Å². The largest absolute Gasteiger partial charge is 0.508 e. The highest BCUT2D eigenvalue weighted by Gasteiger charge is 2.26. The van der Waals surface area contributed by atoms with E-state index in [1.165, 1.54) is 11.3 Å². The Morgan fingerprint density at radius 1 is 1.06 bits per heavy atom. The predicted molar refractivity (Wildman–Crippen MR) is 141 cm³/mol. The van der Waals surface area contributed by atoms with E-state index >= 15 is 0 Å². The average Bonchev–Trinajstić information content (AvgIpc) is 3.18. The Hall–Kier alpha value is -3.42. The first-order chi connectivity index (χ1) is 17.4. The number of fused-ring (bicyclic) bond motifs is 1. The standard InChI is InChI=1S/C29H28FNO4S/c1-18-3-9-24(19(2)13-18)27(33)29-28(25-10-4-21(32)14-26(25)36-29)35-23-7-5-22(6-8-23)34-12-11-31-16-20(15-30)17-31/h3-10,13-14,20,32H,11-12,15-17H2,1-2H3. The van der Waals surface area contributed by atoms with Crippen molar-refractivity contribution in [1.29, 1.82) is 0 Å². The van der Waals surface area contributed by atoms with E-state index in [1.807, 2.05) is 56.3 Å². The SMILES string of the molecule is Cc1ccc(C(=O)c2sc3cc(O)ccc3c2Oc2ccc(OCCN3CC(CF)C3)cc2)c(C)c1. The van der Waals surface area contributed by atoms with Crippen LogP contribution in [-0.4, -0.2) is 48.7 Å². The number of ether oxygens (including phenoxy) is 2. The molecule has 0 atom stereocenters. The van der Waals surface area contributed by atoms with Crippen molar-refractivity contribution in [2.75, 3.05) is 32.9 Å². The van der Waals surface area contributed by atoms with E-state index in [0.717, 1.165) is 46.6 Å². The number of nitrogens with zero attached hydrogens (tertiary/aromatic N) is 1. The molecule has 1 fully saturated rings. The number of hydrogen-bond acceptors (Lipinski definition) is 6. The molecule has 3 aromatic carbocycles. The second-order valence-electron chi connectivity index (χ2n) is 9.29. The molecular weight excluding hydrogens is 477 g/mol. The van der Waals surface area contributed by atoms with Crippen molar-refractivity contribution in [1.82, 2.24) is 4.90 Å². The van der Waals surface area contributed by atoms with E-state index < -0.39 is 0 Å². The van der Waals surface area contributed by atoms with E-state index in [-0.39, 0.29) is 24.1 Å². The smallest absolute Gasteiger partial charge is 0.207 e. The lowest BCUT2D eigenvalue weighted by molar-refractivity contribution is 0.0668. The van der Waals surface area contributed by atoms with Gasteiger partial charge in [0.25, 0.3) is 0 Å². The number of hydrogen-bond donors (Lipinski definition) is 1. The zero-order valence-electron chi connectivity index (χ0n) is 20.3. The summed E-state index contributed by atoms with van der Waals surface area (Å²) in [5, 5.41) is 10.7. The molecule has 1 aliphatic heterocycles. The maximum Gasteiger partial charge on any atom is 0.207 e. The van der Waals surface area contributed by atoms with Crippen molar-refractivity contribution >= 4 is 27.2 Å². The zero-order chi connectivity index (χ0) is 25.2. The summed E-state index contributed by atoms with van der Waals surface area (Å²) in [7, 11) is 0. The van der Waals surface area contributed by atoms with E-state index in [9.17, 15) is 14.3 Å². The molecule has 0 bridgehead atoms. The Bertz CT molecular complexity index is 1390. The van der Waals surface area contributed by atoms with Crippen LogP contribution >= 0.6 is 11.3 Å². The van der Waals surface area contributed by atoms with Crippen LogP contribution in [0.5, 0.6) is 23.0 Å². The summed E-state index contributed by atoms with van der Waals surface area (Å²) in [6.45, 7) is 6.57. The monoisotopic (exact) mass is 505 g/mol. The summed E-state index contributed by atoms with van der Waals surface area (Å²) in [5.41, 5.74) is 2.63. The van der Waals surface area contributed by atoms with Gasteiger partial charge in [-0.1, -0.05) is 23.8 Å². The Kier molecular flexibility index (Phi) is 6.94. The minimum atomic E-state index is -0.253. The molecule has 0 spiro atoms. The molecule has 7 heteroatoms. The fourth-order valence-corrected chi connectivity index (χ4v) is 5.59. The molecule has 0 aliphatic carbocycles. The highest BCUT2D eigenvalue weighted by atomic mass is 32.1. The summed E-state index contributed by atoms with van der Waals surface area (Å²) in [4.78, 5) is 16.2. The second kappa shape index (κ2) is 10.3. The predicted octanol–water partition coefficient (Wildman–Crippen LogP) is 6.53. The molecule has 4 aromatic rings. The normalized spacial score (nSPS) is 14.1. The summed E-state index contributed by atoms with van der Waals surface area (Å²) < 4.78 is 25.4. The van der Waals surface area contributed by atoms with Crippen molar-refractivity contribution in [3.8, 4) is 23.0 Å². The maximum absolute atomic E-state index is 13.6. The van der Waals surface area contributed by atoms with Crippen LogP contribution in [0.3, 0.4) is 0 Å². The van der Waals surface area contributed by atoms with E-state index in [0.29, 0.717) is 28.5 Å². The number of halogens is 1. The third kappa shape index (κ3) is 5.08. The molecule has 1 N–H and O–H groups in total. The quantitative estimate of drug-likeness (QED) is 0.262. The molecule has 0 radical (unpaired) electrons. The van der Waals surface area contributed by atoms with Crippen molar-refractivity contribution in [2.24, 2.45) is 5.92 Å². The molecule has 1 aromatic heterocycles. The van der Waals surface area contributed by atoms with Crippen LogP contribution in [0.4, 0.5) is 4.39 Å². The summed E-state index contributed by atoms with van der Waals surface area (Å²) in [5.74, 6) is 1.99. The fourth-order valence-electron chi connectivity index (χ4n) is 4.47. The van der Waals surface area contributed by atoms with Gasteiger partial charge in [-0.2, -0.15) is 0 Å². The molecule has 0 unspecified atom stereocenters. The van der Waals surface area contributed by atoms with Crippen LogP contribution in [0.2, 0.25) is 0 Å². The fraction of sp³-hybridized carbons (Fsp3) is 0.276. The number of likely N-dealkylation sites (tertiary alicyclic amines) is 1. The number of carbonyl (C=O) groups excluding carboxylic acids is 1. The molecular formula is C29H28FNO4S. The van der Waals surface area contributed by atoms with E-state index in [1.54, 1.807) is 18.2 Å². The Morgan fingerprint density at radius 3 is 2.53 bits per heavy atom. The molecule has 5 nitrogen and oxygen atoms in total. The van der Waals surface area contributed by atoms with Crippen molar-refractivity contribution in [2.45, 2.75) is 13.8 Å². The topological polar surface area (TPSA) is 59.0 Å². The number of carbonyl (C=O) groups is 1. The van der Waals surface area contributed by atoms with Gasteiger partial charge in [-0.25, -0.2) is 0 Å². The number of alkyl halides is 1. The average molecular weight is 506 g/mol. The lowest BCUT2D eigenvalue weighted by atomic mass is 10.0. The highest BCUT2D eigenvalue weighted by Crippen LogP contribution is 2.43. The third-order valence-corrected chi connectivity index (χ3v) is 7.56. The Balaban J connectivity index is 1.35. The first kappa shape index (κ1) is 24.3. The van der Waals surface area contributed by atoms with Gasteiger partial charge in [-0.05, 0) is 61.9 Å². The van der Waals surface area contributed by atoms with Crippen molar-refractivity contribution in [3.63, 3.8) is 0 Å². The van der Waals surface area contributed by atoms with Crippen LogP contribution in [0.15, 0.2) is 60.7 Å². The molecule has 0 amide bonds. The van der Waals surface area contributed by atoms with Crippen molar-refractivity contribution in [3.05, 3.63) is 82.2 Å². The van der Waals surface area contributed by atoms with E-state index in [2.05, 4.69) is 4.90 Å². The highest BCUT2D eigenvalue weighted by molar-refractivity contribution is 7.21. The Labute approximate surface area is 213 Å². The van der Waals surface area contributed by atoms with Gasteiger partial charge in [-0.3, -0.25) is 14.1 Å². The van der Waals surface area contributed by atoms with Crippen LogP contribution in [0, 0.1) is 19.8 Å². The van der Waals surface area contributed by atoms with Gasteiger partial charge >= 0.3 is 0 Å². The van der Waals surface area contributed by atoms with Gasteiger partial charge in [0, 0.05) is 41.2 Å². The number of aryl methyl sites for hydroxylation is 2. The number of phenolic OH excluding ortho intramolecular Hbond substituents is 1. The minimum absolute atomic E-state index is 0.107. The van der Waals surface area contributed by atoms with Gasteiger partial charge in [0.2, 0.25) is 5.78 Å². The summed E-state index contributed by atoms with van der Waals surface area (Å²) in [6, 6.07) is 18.1. The van der Waals surface area contributed by atoms with Crippen LogP contribution in [-0.2, 0) is 0 Å². The number of aromatic hydroxyl groups is 1. The number of ketones is 1. The summed E-state index contributed by atoms with van der Waals surface area (Å²) >= 11 is 1.31. The molecule has 186 valence electrons. The minimum Gasteiger partial charge on any atom is -0.508 e. The maximum atomic E-state index is 13.6. The van der Waals surface area contributed by atoms with Gasteiger partial charge < -0.3 is 14.6 Å². The van der Waals surface area contributed by atoms with Gasteiger partial charge in [-0.15, -0.1) is 11.3 Å². The number of rotatable bonds is 9. The molecule has 2 heterocycles. The van der Waals surface area contributed by atoms with Crippen LogP contribution in [0.1, 0.15) is 26.4 Å². The molecule has 5 rings (SSSR count). The number of thiophene rings is 1. The van der Waals surface area contributed by atoms with Gasteiger partial charge in [0.05, 0.1) is 6.67 Å². The third-order valence-electron chi connectivity index (χ3n) is 6.43. The first-order valence-corrected chi connectivity index (χ1v) is 12.8. The number of phenols is 1. The molecule has 1 aliphatic rings. The Morgan fingerprint density at radius 2 is 1.81 bits per heavy atom. The lowest BCUT2D eigenvalue weighted by Gasteiger charge is -2.37. The van der Waals surface area contributed by atoms with Crippen LogP contribution in [0.25, 0.3) is 10.1 Å². The van der Waals surface area contributed by atoms with Crippen LogP contribution < -0.4 is 9.47 Å². The zero-order valence-corrected chi connectivity index (χ0v) is 21.1.